The summed E-state index contributed by atoms with van der Waals surface area (Å²) in [6.45, 7) is 14.8. The summed E-state index contributed by atoms with van der Waals surface area (Å²) >= 11 is 3.26. The quantitative estimate of drug-likeness (QED) is 0.140. The lowest BCUT2D eigenvalue weighted by atomic mass is 10.3. The number of alkyl halides is 1. The molecule has 8 heteroatoms. The molecule has 0 aliphatic heterocycles. The molecule has 7 nitrogen and oxygen atoms in total. The largest absolute Gasteiger partial charge is 0.494 e. The Bertz CT molecular complexity index is 788. The van der Waals surface area contributed by atoms with Crippen LogP contribution in [-0.2, 0) is 0 Å². The third-order valence-corrected chi connectivity index (χ3v) is 3.12. The van der Waals surface area contributed by atoms with Gasteiger partial charge in [0.2, 0.25) is 0 Å². The molecule has 0 aliphatic rings. The van der Waals surface area contributed by atoms with Crippen molar-refractivity contribution in [2.75, 3.05) is 25.1 Å². The van der Waals surface area contributed by atoms with Gasteiger partial charge < -0.3 is 9.47 Å². The molecule has 2 aromatic carbocycles. The van der Waals surface area contributed by atoms with Crippen molar-refractivity contribution in [2.45, 2.75) is 0 Å². The predicted molar refractivity (Wildman–Crippen MR) is 104 cm³/mol. The fraction of sp³-hybridized carbons (Fsp3) is 0.222. The van der Waals surface area contributed by atoms with Crippen LogP contribution < -0.4 is 9.47 Å². The zero-order valence-corrected chi connectivity index (χ0v) is 15.5. The van der Waals surface area contributed by atoms with E-state index < -0.39 is 0 Å². The third-order valence-electron chi connectivity index (χ3n) is 2.80. The Kier molecular flexibility index (Phi) is 10.5. The summed E-state index contributed by atoms with van der Waals surface area (Å²) in [5, 5.41) is 4.14. The fourth-order valence-corrected chi connectivity index (χ4v) is 1.80. The molecule has 0 saturated carbocycles. The van der Waals surface area contributed by atoms with Gasteiger partial charge in [0, 0.05) is 10.2 Å². The predicted octanol–water partition coefficient (Wildman–Crippen LogP) is 5.94. The van der Waals surface area contributed by atoms with E-state index in [2.05, 4.69) is 35.6 Å². The lowest BCUT2D eigenvalue weighted by Gasteiger charge is -2.02. The third kappa shape index (κ3) is 8.60. The molecule has 0 unspecified atom stereocenters. The summed E-state index contributed by atoms with van der Waals surface area (Å²) < 4.78 is 10.5. The standard InChI is InChI=1S/C9H8BrNO.C9H8N4O/c1-11-8-2-4-9(5-3-8)12-7-6-10;1-11-8-2-4-9(5-3-8)14-7-6-12-13-10/h2-5H,6-7H2;2-5H,6-7H2. The first kappa shape index (κ1) is 20.9. The summed E-state index contributed by atoms with van der Waals surface area (Å²) in [6.07, 6.45) is 0. The summed E-state index contributed by atoms with van der Waals surface area (Å²) in [5.74, 6) is 1.48. The minimum atomic E-state index is 0.307. The average Bonchev–Trinajstić information content (AvgIpc) is 2.71. The highest BCUT2D eigenvalue weighted by molar-refractivity contribution is 9.09. The highest BCUT2D eigenvalue weighted by Crippen LogP contribution is 2.18. The molecule has 0 spiro atoms. The van der Waals surface area contributed by atoms with Gasteiger partial charge in [-0.3, -0.25) is 0 Å². The van der Waals surface area contributed by atoms with E-state index >= 15 is 0 Å². The normalized spacial score (nSPS) is 8.73. The topological polar surface area (TPSA) is 75.9 Å². The van der Waals surface area contributed by atoms with Crippen LogP contribution in [0.25, 0.3) is 20.1 Å². The molecule has 132 valence electrons. The van der Waals surface area contributed by atoms with E-state index in [0.29, 0.717) is 36.9 Å². The van der Waals surface area contributed by atoms with E-state index in [-0.39, 0.29) is 0 Å². The van der Waals surface area contributed by atoms with Gasteiger partial charge in [-0.1, -0.05) is 45.3 Å². The highest BCUT2D eigenvalue weighted by Gasteiger charge is 1.94. The number of ether oxygens (including phenoxy) is 2. The lowest BCUT2D eigenvalue weighted by molar-refractivity contribution is 0.328. The maximum atomic E-state index is 8.00. The zero-order valence-electron chi connectivity index (χ0n) is 13.9. The molecule has 2 aromatic rings. The van der Waals surface area contributed by atoms with Crippen molar-refractivity contribution < 1.29 is 9.47 Å². The van der Waals surface area contributed by atoms with Crippen LogP contribution in [0.5, 0.6) is 11.5 Å². The minimum Gasteiger partial charge on any atom is -0.494 e. The molecule has 0 N–H and O–H groups in total. The van der Waals surface area contributed by atoms with Crippen LogP contribution >= 0.6 is 15.9 Å². The Balaban J connectivity index is 0.000000263. The van der Waals surface area contributed by atoms with Crippen LogP contribution in [0.15, 0.2) is 53.6 Å². The van der Waals surface area contributed by atoms with Crippen LogP contribution in [0.3, 0.4) is 0 Å². The molecule has 0 aromatic heterocycles. The summed E-state index contributed by atoms with van der Waals surface area (Å²) in [6, 6.07) is 13.9. The second kappa shape index (κ2) is 13.1. The van der Waals surface area contributed by atoms with Crippen molar-refractivity contribution >= 4 is 27.3 Å². The summed E-state index contributed by atoms with van der Waals surface area (Å²) in [4.78, 5) is 9.13. The highest BCUT2D eigenvalue weighted by atomic mass is 79.9. The molecule has 0 heterocycles. The van der Waals surface area contributed by atoms with E-state index in [4.69, 9.17) is 28.1 Å². The van der Waals surface area contributed by atoms with Gasteiger partial charge in [0.25, 0.3) is 0 Å². The van der Waals surface area contributed by atoms with Crippen molar-refractivity contribution in [3.05, 3.63) is 81.8 Å². The second-order valence-electron chi connectivity index (χ2n) is 4.55. The number of hydrogen-bond acceptors (Lipinski definition) is 3. The zero-order chi connectivity index (χ0) is 19.0. The molecular weight excluding hydrogens is 398 g/mol. The molecule has 0 aliphatic carbocycles. The first-order chi connectivity index (χ1) is 12.7. The monoisotopic (exact) mass is 413 g/mol. The van der Waals surface area contributed by atoms with Gasteiger partial charge in [-0.2, -0.15) is 0 Å². The van der Waals surface area contributed by atoms with Gasteiger partial charge in [0.05, 0.1) is 32.9 Å². The van der Waals surface area contributed by atoms with Gasteiger partial charge in [-0.15, -0.1) is 0 Å². The molecule has 0 amide bonds. The second-order valence-corrected chi connectivity index (χ2v) is 5.34. The fourth-order valence-electron chi connectivity index (χ4n) is 1.64. The van der Waals surface area contributed by atoms with Crippen LogP contribution in [0, 0.1) is 13.1 Å². The first-order valence-corrected chi connectivity index (χ1v) is 8.63. The molecule has 0 fully saturated rings. The van der Waals surface area contributed by atoms with E-state index in [9.17, 15) is 0 Å². The van der Waals surface area contributed by atoms with E-state index in [1.54, 1.807) is 48.5 Å². The minimum absolute atomic E-state index is 0.307. The van der Waals surface area contributed by atoms with Crippen molar-refractivity contribution in [3.63, 3.8) is 0 Å². The smallest absolute Gasteiger partial charge is 0.187 e. The summed E-state index contributed by atoms with van der Waals surface area (Å²) in [5.41, 5.74) is 9.22. The number of nitrogens with zero attached hydrogens (tertiary/aromatic N) is 5. The molecule has 0 saturated heterocycles. The van der Waals surface area contributed by atoms with Gasteiger partial charge in [0.15, 0.2) is 11.4 Å². The molecule has 0 atom stereocenters. The van der Waals surface area contributed by atoms with Crippen LogP contribution in [0.1, 0.15) is 0 Å². The van der Waals surface area contributed by atoms with E-state index in [1.165, 1.54) is 0 Å². The molecule has 26 heavy (non-hydrogen) atoms. The lowest BCUT2D eigenvalue weighted by Crippen LogP contribution is -1.99. The van der Waals surface area contributed by atoms with Crippen LogP contribution in [-0.4, -0.2) is 25.1 Å². The number of rotatable bonds is 7. The maximum absolute atomic E-state index is 8.00. The van der Waals surface area contributed by atoms with Crippen molar-refractivity contribution in [1.82, 2.24) is 0 Å². The van der Waals surface area contributed by atoms with Crippen LogP contribution in [0.2, 0.25) is 0 Å². The van der Waals surface area contributed by atoms with Gasteiger partial charge in [0.1, 0.15) is 11.5 Å². The van der Waals surface area contributed by atoms with Crippen molar-refractivity contribution in [1.29, 1.82) is 0 Å². The first-order valence-electron chi connectivity index (χ1n) is 7.51. The molecule has 0 bridgehead atoms. The molecular formula is C18H16BrN5O2. The Morgan fingerprint density at radius 3 is 1.69 bits per heavy atom. The Hall–Kier alpha value is -3.19. The molecule has 2 rings (SSSR count). The van der Waals surface area contributed by atoms with Crippen LogP contribution in [0.4, 0.5) is 11.4 Å². The number of azide groups is 1. The Labute approximate surface area is 160 Å². The van der Waals surface area contributed by atoms with Gasteiger partial charge in [-0.25, -0.2) is 9.69 Å². The Morgan fingerprint density at radius 2 is 1.31 bits per heavy atom. The number of benzene rings is 2. The van der Waals surface area contributed by atoms with Gasteiger partial charge in [-0.05, 0) is 29.8 Å². The summed E-state index contributed by atoms with van der Waals surface area (Å²) in [7, 11) is 0. The average molecular weight is 414 g/mol. The number of hydrogen-bond donors (Lipinski definition) is 0. The SMILES string of the molecule is [C-]#[N+]c1ccc(OCCBr)cc1.[C-]#[N+]c1ccc(OCCN=[N+]=[N-])cc1. The molecule has 0 radical (unpaired) electrons. The van der Waals surface area contributed by atoms with Gasteiger partial charge >= 0.3 is 0 Å². The maximum Gasteiger partial charge on any atom is 0.187 e. The van der Waals surface area contributed by atoms with Crippen molar-refractivity contribution in [3.8, 4) is 11.5 Å². The van der Waals surface area contributed by atoms with E-state index in [1.807, 2.05) is 0 Å². The van der Waals surface area contributed by atoms with Crippen molar-refractivity contribution in [2.24, 2.45) is 5.11 Å². The Morgan fingerprint density at radius 1 is 0.846 bits per heavy atom. The van der Waals surface area contributed by atoms with E-state index in [0.717, 1.165) is 11.1 Å². The number of halogens is 1.